The standard InChI is InChI=1S/C17H19ClN4O3/c1-17(11-25-15-4-2-13(18)3-5-15)9-21(10-17)16(24)8-22-7-14(6-20-22)19-12-23/h2-7,12H,8-11H2,1H3,(H,19,23). The van der Waals surface area contributed by atoms with Crippen LogP contribution in [-0.2, 0) is 16.1 Å². The number of hydrogen-bond donors (Lipinski definition) is 1. The average molecular weight is 363 g/mol. The summed E-state index contributed by atoms with van der Waals surface area (Å²) in [4.78, 5) is 24.4. The van der Waals surface area contributed by atoms with Crippen molar-refractivity contribution in [2.24, 2.45) is 5.41 Å². The van der Waals surface area contributed by atoms with E-state index in [0.29, 0.717) is 36.8 Å². The number of rotatable bonds is 7. The van der Waals surface area contributed by atoms with Crippen molar-refractivity contribution in [3.63, 3.8) is 0 Å². The van der Waals surface area contributed by atoms with Crippen LogP contribution in [0.4, 0.5) is 5.69 Å². The lowest BCUT2D eigenvalue weighted by Crippen LogP contribution is -2.60. The van der Waals surface area contributed by atoms with E-state index in [-0.39, 0.29) is 17.9 Å². The molecule has 132 valence electrons. The third kappa shape index (κ3) is 4.30. The van der Waals surface area contributed by atoms with Gasteiger partial charge in [0.15, 0.2) is 0 Å². The van der Waals surface area contributed by atoms with Gasteiger partial charge in [-0.25, -0.2) is 0 Å². The number of anilines is 1. The molecule has 2 aromatic rings. The number of nitrogens with one attached hydrogen (secondary N) is 1. The minimum absolute atomic E-state index is 0.00952. The molecule has 1 fully saturated rings. The van der Waals surface area contributed by atoms with Crippen molar-refractivity contribution in [3.8, 4) is 5.75 Å². The first kappa shape index (κ1) is 17.3. The van der Waals surface area contributed by atoms with Gasteiger partial charge in [-0.1, -0.05) is 18.5 Å². The van der Waals surface area contributed by atoms with Crippen molar-refractivity contribution in [3.05, 3.63) is 41.7 Å². The van der Waals surface area contributed by atoms with Gasteiger partial charge in [0.25, 0.3) is 0 Å². The fourth-order valence-electron chi connectivity index (χ4n) is 2.76. The Morgan fingerprint density at radius 1 is 1.40 bits per heavy atom. The van der Waals surface area contributed by atoms with Crippen LogP contribution in [0.15, 0.2) is 36.7 Å². The zero-order valence-corrected chi connectivity index (χ0v) is 14.6. The Bertz CT molecular complexity index is 754. The molecule has 8 heteroatoms. The molecule has 2 heterocycles. The van der Waals surface area contributed by atoms with E-state index in [1.165, 1.54) is 10.9 Å². The van der Waals surface area contributed by atoms with Crippen molar-refractivity contribution in [2.75, 3.05) is 25.0 Å². The molecule has 0 bridgehead atoms. The van der Waals surface area contributed by atoms with E-state index in [1.807, 2.05) is 12.1 Å². The third-order valence-electron chi connectivity index (χ3n) is 4.05. The lowest BCUT2D eigenvalue weighted by atomic mass is 9.83. The van der Waals surface area contributed by atoms with Gasteiger partial charge in [0.1, 0.15) is 12.3 Å². The molecule has 1 aromatic carbocycles. The monoisotopic (exact) mass is 362 g/mol. The molecule has 1 aliphatic heterocycles. The van der Waals surface area contributed by atoms with Gasteiger partial charge in [-0.05, 0) is 24.3 Å². The molecule has 2 amide bonds. The number of likely N-dealkylation sites (tertiary alicyclic amines) is 1. The zero-order chi connectivity index (χ0) is 17.9. The van der Waals surface area contributed by atoms with Gasteiger partial charge in [0.05, 0.1) is 18.5 Å². The van der Waals surface area contributed by atoms with Gasteiger partial charge in [0, 0.05) is 29.7 Å². The maximum atomic E-state index is 12.3. The number of ether oxygens (including phenoxy) is 1. The Hall–Kier alpha value is -2.54. The molecule has 7 nitrogen and oxygen atoms in total. The Labute approximate surface area is 150 Å². The SMILES string of the molecule is CC1(COc2ccc(Cl)cc2)CN(C(=O)Cn2cc(NC=O)cn2)C1. The molecule has 0 saturated carbocycles. The molecule has 1 aromatic heterocycles. The molecule has 25 heavy (non-hydrogen) atoms. The minimum atomic E-state index is -0.0658. The second-order valence-electron chi connectivity index (χ2n) is 6.49. The molecular formula is C17H19ClN4O3. The maximum absolute atomic E-state index is 12.3. The summed E-state index contributed by atoms with van der Waals surface area (Å²) in [5.74, 6) is 0.756. The van der Waals surface area contributed by atoms with E-state index in [9.17, 15) is 9.59 Å². The molecule has 0 radical (unpaired) electrons. The van der Waals surface area contributed by atoms with Crippen molar-refractivity contribution in [2.45, 2.75) is 13.5 Å². The fourth-order valence-corrected chi connectivity index (χ4v) is 2.89. The number of hydrogen-bond acceptors (Lipinski definition) is 4. The van der Waals surface area contributed by atoms with Crippen LogP contribution in [0, 0.1) is 5.41 Å². The predicted molar refractivity (Wildman–Crippen MR) is 93.5 cm³/mol. The summed E-state index contributed by atoms with van der Waals surface area (Å²) in [5, 5.41) is 7.21. The predicted octanol–water partition coefficient (Wildman–Crippen LogP) is 2.03. The highest BCUT2D eigenvalue weighted by molar-refractivity contribution is 6.30. The minimum Gasteiger partial charge on any atom is -0.493 e. The Morgan fingerprint density at radius 3 is 2.80 bits per heavy atom. The van der Waals surface area contributed by atoms with Crippen LogP contribution in [0.25, 0.3) is 0 Å². The molecular weight excluding hydrogens is 344 g/mol. The van der Waals surface area contributed by atoms with E-state index in [0.717, 1.165) is 5.75 Å². The molecule has 0 spiro atoms. The van der Waals surface area contributed by atoms with E-state index < -0.39 is 0 Å². The fraction of sp³-hybridized carbons (Fsp3) is 0.353. The highest BCUT2D eigenvalue weighted by Crippen LogP contribution is 2.31. The van der Waals surface area contributed by atoms with Crippen LogP contribution in [0.2, 0.25) is 5.02 Å². The van der Waals surface area contributed by atoms with E-state index >= 15 is 0 Å². The van der Waals surface area contributed by atoms with Crippen LogP contribution in [-0.4, -0.2) is 46.7 Å². The normalized spacial score (nSPS) is 15.4. The topological polar surface area (TPSA) is 76.5 Å². The lowest BCUT2D eigenvalue weighted by Gasteiger charge is -2.47. The van der Waals surface area contributed by atoms with E-state index in [2.05, 4.69) is 17.3 Å². The summed E-state index contributed by atoms with van der Waals surface area (Å²) in [6.45, 7) is 4.05. The molecule has 1 saturated heterocycles. The summed E-state index contributed by atoms with van der Waals surface area (Å²) >= 11 is 5.85. The summed E-state index contributed by atoms with van der Waals surface area (Å²) in [6, 6.07) is 7.23. The van der Waals surface area contributed by atoms with E-state index in [4.69, 9.17) is 16.3 Å². The number of halogens is 1. The number of aromatic nitrogens is 2. The van der Waals surface area contributed by atoms with Gasteiger partial charge in [-0.15, -0.1) is 0 Å². The first-order valence-electron chi connectivity index (χ1n) is 7.86. The van der Waals surface area contributed by atoms with Gasteiger partial charge >= 0.3 is 0 Å². The summed E-state index contributed by atoms with van der Waals surface area (Å²) < 4.78 is 7.30. The molecule has 1 N–H and O–H groups in total. The molecule has 0 aliphatic carbocycles. The summed E-state index contributed by atoms with van der Waals surface area (Å²) in [6.07, 6.45) is 3.70. The first-order valence-corrected chi connectivity index (χ1v) is 8.24. The Morgan fingerprint density at radius 2 is 2.12 bits per heavy atom. The number of carbonyl (C=O) groups excluding carboxylic acids is 2. The van der Waals surface area contributed by atoms with Crippen LogP contribution in [0.1, 0.15) is 6.92 Å². The molecule has 3 rings (SSSR count). The van der Waals surface area contributed by atoms with Gasteiger partial charge in [-0.2, -0.15) is 5.10 Å². The average Bonchev–Trinajstić information content (AvgIpc) is 2.99. The van der Waals surface area contributed by atoms with Crippen LogP contribution in [0.5, 0.6) is 5.75 Å². The highest BCUT2D eigenvalue weighted by atomic mass is 35.5. The number of amides is 2. The van der Waals surface area contributed by atoms with Crippen molar-refractivity contribution < 1.29 is 14.3 Å². The number of nitrogens with zero attached hydrogens (tertiary/aromatic N) is 3. The van der Waals surface area contributed by atoms with Gasteiger partial charge in [-0.3, -0.25) is 14.3 Å². The summed E-state index contributed by atoms with van der Waals surface area (Å²) in [5.41, 5.74) is 0.497. The van der Waals surface area contributed by atoms with Gasteiger partial charge in [0.2, 0.25) is 12.3 Å². The first-order chi connectivity index (χ1) is 12.0. The van der Waals surface area contributed by atoms with Gasteiger partial charge < -0.3 is 15.0 Å². The third-order valence-corrected chi connectivity index (χ3v) is 4.31. The van der Waals surface area contributed by atoms with Crippen LogP contribution < -0.4 is 10.1 Å². The smallest absolute Gasteiger partial charge is 0.244 e. The second kappa shape index (κ2) is 7.14. The number of benzene rings is 1. The molecule has 0 atom stereocenters. The van der Waals surface area contributed by atoms with Crippen molar-refractivity contribution in [1.29, 1.82) is 0 Å². The largest absolute Gasteiger partial charge is 0.493 e. The summed E-state index contributed by atoms with van der Waals surface area (Å²) in [7, 11) is 0. The Balaban J connectivity index is 1.46. The van der Waals surface area contributed by atoms with Crippen LogP contribution >= 0.6 is 11.6 Å². The second-order valence-corrected chi connectivity index (χ2v) is 6.93. The van der Waals surface area contributed by atoms with Crippen molar-refractivity contribution in [1.82, 2.24) is 14.7 Å². The molecule has 1 aliphatic rings. The Kier molecular flexibility index (Phi) is 4.94. The van der Waals surface area contributed by atoms with E-state index in [1.54, 1.807) is 23.2 Å². The van der Waals surface area contributed by atoms with Crippen molar-refractivity contribution >= 4 is 29.6 Å². The number of carbonyl (C=O) groups is 2. The van der Waals surface area contributed by atoms with Crippen LogP contribution in [0.3, 0.4) is 0 Å². The maximum Gasteiger partial charge on any atom is 0.244 e. The zero-order valence-electron chi connectivity index (χ0n) is 13.8. The highest BCUT2D eigenvalue weighted by Gasteiger charge is 2.41. The quantitative estimate of drug-likeness (QED) is 0.765. The lowest BCUT2D eigenvalue weighted by molar-refractivity contribution is -0.145. The molecule has 0 unspecified atom stereocenters.